The molecule has 0 unspecified atom stereocenters. The van der Waals surface area contributed by atoms with Crippen molar-refractivity contribution in [2.24, 2.45) is 0 Å². The Morgan fingerprint density at radius 3 is 2.83 bits per heavy atom. The van der Waals surface area contributed by atoms with Gasteiger partial charge < -0.3 is 9.47 Å². The van der Waals surface area contributed by atoms with Crippen LogP contribution in [0.3, 0.4) is 0 Å². The quantitative estimate of drug-likeness (QED) is 0.662. The zero-order valence-electron chi connectivity index (χ0n) is 13.0. The molecule has 2 aromatic carbocycles. The van der Waals surface area contributed by atoms with Crippen molar-refractivity contribution in [3.05, 3.63) is 59.1 Å². The molecule has 1 heterocycles. The highest BCUT2D eigenvalue weighted by Gasteiger charge is 2.17. The molecule has 4 nitrogen and oxygen atoms in total. The first-order valence-electron chi connectivity index (χ1n) is 7.36. The second-order valence-electron chi connectivity index (χ2n) is 5.26. The third-order valence-electron chi connectivity index (χ3n) is 3.31. The average Bonchev–Trinajstić information content (AvgIpc) is 2.95. The first-order chi connectivity index (χ1) is 11.1. The summed E-state index contributed by atoms with van der Waals surface area (Å²) in [7, 11) is 0. The molecule has 0 fully saturated rings. The molecule has 0 amide bonds. The molecule has 1 atom stereocenters. The summed E-state index contributed by atoms with van der Waals surface area (Å²) in [6.45, 7) is 3.83. The van der Waals surface area contributed by atoms with E-state index in [2.05, 4.69) is 4.98 Å². The molecule has 0 aliphatic carbocycles. The standard InChI is InChI=1S/C18H17NO3S/c1-12-6-5-7-14(10-12)22-13(2)18(20)21-11-17-19-15-8-3-4-9-16(15)23-17/h3-10,13H,11H2,1-2H3/t13-/m0/s1. The summed E-state index contributed by atoms with van der Waals surface area (Å²) in [6.07, 6.45) is -0.661. The number of benzene rings is 2. The van der Waals surface area contributed by atoms with Crippen LogP contribution in [0.5, 0.6) is 5.75 Å². The molecule has 3 rings (SSSR count). The van der Waals surface area contributed by atoms with Gasteiger partial charge in [-0.15, -0.1) is 11.3 Å². The first-order valence-corrected chi connectivity index (χ1v) is 8.18. The second-order valence-corrected chi connectivity index (χ2v) is 6.37. The Morgan fingerprint density at radius 1 is 1.22 bits per heavy atom. The molecule has 23 heavy (non-hydrogen) atoms. The molecule has 0 N–H and O–H groups in total. The predicted octanol–water partition coefficient (Wildman–Crippen LogP) is 4.12. The SMILES string of the molecule is Cc1cccc(O[C@@H](C)C(=O)OCc2nc3ccccc3s2)c1. The van der Waals surface area contributed by atoms with Crippen LogP contribution in [0.15, 0.2) is 48.5 Å². The monoisotopic (exact) mass is 327 g/mol. The van der Waals surface area contributed by atoms with Crippen LogP contribution in [0.1, 0.15) is 17.5 Å². The Morgan fingerprint density at radius 2 is 2.04 bits per heavy atom. The zero-order valence-corrected chi connectivity index (χ0v) is 13.8. The molecule has 0 spiro atoms. The number of carbonyl (C=O) groups is 1. The van der Waals surface area contributed by atoms with Crippen LogP contribution in [0.2, 0.25) is 0 Å². The van der Waals surface area contributed by atoms with Crippen LogP contribution in [0.4, 0.5) is 0 Å². The van der Waals surface area contributed by atoms with Crippen molar-refractivity contribution in [1.82, 2.24) is 4.98 Å². The van der Waals surface area contributed by atoms with Crippen LogP contribution in [-0.2, 0) is 16.1 Å². The van der Waals surface area contributed by atoms with Gasteiger partial charge in [-0.2, -0.15) is 0 Å². The maximum Gasteiger partial charge on any atom is 0.347 e. The molecule has 0 aliphatic heterocycles. The molecule has 118 valence electrons. The molecule has 5 heteroatoms. The van der Waals surface area contributed by atoms with Gasteiger partial charge in [0.05, 0.1) is 10.2 Å². The molecule has 1 aromatic heterocycles. The largest absolute Gasteiger partial charge is 0.479 e. The number of fused-ring (bicyclic) bond motifs is 1. The van der Waals surface area contributed by atoms with Gasteiger partial charge >= 0.3 is 5.97 Å². The molecule has 0 radical (unpaired) electrons. The number of aryl methyl sites for hydroxylation is 1. The number of hydrogen-bond donors (Lipinski definition) is 0. The Kier molecular flexibility index (Phi) is 4.57. The highest BCUT2D eigenvalue weighted by Crippen LogP contribution is 2.22. The summed E-state index contributed by atoms with van der Waals surface area (Å²) in [4.78, 5) is 16.5. The summed E-state index contributed by atoms with van der Waals surface area (Å²) >= 11 is 1.53. The van der Waals surface area contributed by atoms with E-state index < -0.39 is 12.1 Å². The number of hydrogen-bond acceptors (Lipinski definition) is 5. The third-order valence-corrected chi connectivity index (χ3v) is 4.32. The normalized spacial score (nSPS) is 12.1. The predicted molar refractivity (Wildman–Crippen MR) is 90.7 cm³/mol. The number of aromatic nitrogens is 1. The fourth-order valence-corrected chi connectivity index (χ4v) is 3.05. The van der Waals surface area contributed by atoms with Crippen LogP contribution in [-0.4, -0.2) is 17.1 Å². The lowest BCUT2D eigenvalue weighted by atomic mass is 10.2. The van der Waals surface area contributed by atoms with Gasteiger partial charge in [0, 0.05) is 0 Å². The summed E-state index contributed by atoms with van der Waals surface area (Å²) < 4.78 is 12.0. The van der Waals surface area contributed by atoms with E-state index >= 15 is 0 Å². The number of nitrogens with zero attached hydrogens (tertiary/aromatic N) is 1. The van der Waals surface area contributed by atoms with Gasteiger partial charge in [0.2, 0.25) is 0 Å². The Balaban J connectivity index is 1.58. The molecule has 0 bridgehead atoms. The minimum Gasteiger partial charge on any atom is -0.479 e. The van der Waals surface area contributed by atoms with Crippen LogP contribution in [0.25, 0.3) is 10.2 Å². The summed E-state index contributed by atoms with van der Waals surface area (Å²) in [5.41, 5.74) is 2.00. The van der Waals surface area contributed by atoms with Gasteiger partial charge in [-0.3, -0.25) is 0 Å². The smallest absolute Gasteiger partial charge is 0.347 e. The fraction of sp³-hybridized carbons (Fsp3) is 0.222. The minimum absolute atomic E-state index is 0.166. The van der Waals surface area contributed by atoms with E-state index in [0.29, 0.717) is 5.75 Å². The van der Waals surface area contributed by atoms with Crippen LogP contribution < -0.4 is 4.74 Å². The van der Waals surface area contributed by atoms with E-state index in [1.807, 2.05) is 55.5 Å². The van der Waals surface area contributed by atoms with E-state index in [4.69, 9.17) is 9.47 Å². The van der Waals surface area contributed by atoms with Gasteiger partial charge in [-0.1, -0.05) is 24.3 Å². The Bertz CT molecular complexity index is 795. The van der Waals surface area contributed by atoms with E-state index in [-0.39, 0.29) is 6.61 Å². The lowest BCUT2D eigenvalue weighted by Gasteiger charge is -2.13. The maximum atomic E-state index is 12.1. The van der Waals surface area contributed by atoms with Crippen molar-refractivity contribution >= 4 is 27.5 Å². The number of para-hydroxylation sites is 1. The van der Waals surface area contributed by atoms with Crippen molar-refractivity contribution < 1.29 is 14.3 Å². The van der Waals surface area contributed by atoms with Crippen LogP contribution in [0, 0.1) is 6.92 Å². The Labute approximate surface area is 138 Å². The van der Waals surface area contributed by atoms with Gasteiger partial charge in [-0.05, 0) is 43.7 Å². The topological polar surface area (TPSA) is 48.4 Å². The molecular formula is C18H17NO3S. The first kappa shape index (κ1) is 15.5. The minimum atomic E-state index is -0.661. The highest BCUT2D eigenvalue weighted by molar-refractivity contribution is 7.18. The maximum absolute atomic E-state index is 12.1. The molecule has 3 aromatic rings. The number of carbonyl (C=O) groups excluding carboxylic acids is 1. The van der Waals surface area contributed by atoms with Crippen molar-refractivity contribution in [3.8, 4) is 5.75 Å². The zero-order chi connectivity index (χ0) is 16.2. The molecular weight excluding hydrogens is 310 g/mol. The molecule has 0 aliphatic rings. The molecule has 0 saturated carbocycles. The van der Waals surface area contributed by atoms with Gasteiger partial charge in [0.25, 0.3) is 0 Å². The summed E-state index contributed by atoms with van der Waals surface area (Å²) in [5, 5.41) is 0.780. The van der Waals surface area contributed by atoms with Gasteiger partial charge in [-0.25, -0.2) is 9.78 Å². The second kappa shape index (κ2) is 6.79. The van der Waals surface area contributed by atoms with E-state index in [1.165, 1.54) is 11.3 Å². The van der Waals surface area contributed by atoms with E-state index in [0.717, 1.165) is 20.8 Å². The van der Waals surface area contributed by atoms with Crippen molar-refractivity contribution in [2.75, 3.05) is 0 Å². The van der Waals surface area contributed by atoms with E-state index in [9.17, 15) is 4.79 Å². The lowest BCUT2D eigenvalue weighted by Crippen LogP contribution is -2.26. The number of ether oxygens (including phenoxy) is 2. The number of thiazole rings is 1. The fourth-order valence-electron chi connectivity index (χ4n) is 2.17. The summed E-state index contributed by atoms with van der Waals surface area (Å²) in [5.74, 6) is 0.264. The van der Waals surface area contributed by atoms with Crippen molar-refractivity contribution in [1.29, 1.82) is 0 Å². The Hall–Kier alpha value is -2.40. The van der Waals surface area contributed by atoms with Crippen molar-refractivity contribution in [2.45, 2.75) is 26.6 Å². The third kappa shape index (κ3) is 3.87. The highest BCUT2D eigenvalue weighted by atomic mass is 32.1. The number of rotatable bonds is 5. The van der Waals surface area contributed by atoms with Crippen LogP contribution >= 0.6 is 11.3 Å². The summed E-state index contributed by atoms with van der Waals surface area (Å²) in [6, 6.07) is 15.4. The number of esters is 1. The average molecular weight is 327 g/mol. The lowest BCUT2D eigenvalue weighted by molar-refractivity contribution is -0.152. The van der Waals surface area contributed by atoms with E-state index in [1.54, 1.807) is 6.92 Å². The van der Waals surface area contributed by atoms with Crippen molar-refractivity contribution in [3.63, 3.8) is 0 Å². The van der Waals surface area contributed by atoms with Gasteiger partial charge in [0.15, 0.2) is 6.10 Å². The van der Waals surface area contributed by atoms with Gasteiger partial charge in [0.1, 0.15) is 17.4 Å². The molecule has 0 saturated heterocycles.